The Morgan fingerprint density at radius 1 is 1.06 bits per heavy atom. The number of pyridine rings is 1. The Kier molecular flexibility index (Phi) is 2.63. The highest BCUT2D eigenvalue weighted by atomic mass is 32.1. The molecule has 84 valence electrons. The number of hydrogen-bond donors (Lipinski definition) is 1. The summed E-state index contributed by atoms with van der Waals surface area (Å²) < 4.78 is 0. The summed E-state index contributed by atoms with van der Waals surface area (Å²) in [6, 6.07) is 14.0. The van der Waals surface area contributed by atoms with Crippen LogP contribution in [0.5, 0.6) is 0 Å². The Labute approximate surface area is 103 Å². The molecule has 3 heteroatoms. The molecule has 3 rings (SSSR count). The van der Waals surface area contributed by atoms with Gasteiger partial charge in [0.05, 0.1) is 5.39 Å². The van der Waals surface area contributed by atoms with Crippen LogP contribution in [0.2, 0.25) is 0 Å². The third-order valence-electron chi connectivity index (χ3n) is 2.84. The van der Waals surface area contributed by atoms with E-state index in [4.69, 9.17) is 0 Å². The number of H-pyrrole nitrogens is 1. The minimum absolute atomic E-state index is 0.582. The molecule has 1 atom stereocenters. The van der Waals surface area contributed by atoms with Crippen LogP contribution in [-0.4, -0.2) is 5.11 Å². The van der Waals surface area contributed by atoms with Crippen molar-refractivity contribution in [3.8, 4) is 0 Å². The number of nitrogens with one attached hydrogen (secondary N) is 1. The van der Waals surface area contributed by atoms with E-state index in [1.54, 1.807) is 11.3 Å². The van der Waals surface area contributed by atoms with Gasteiger partial charge in [0, 0.05) is 10.9 Å². The molecule has 0 saturated carbocycles. The Bertz CT molecular complexity index is 628. The van der Waals surface area contributed by atoms with Gasteiger partial charge < -0.3 is 5.11 Å². The van der Waals surface area contributed by atoms with Crippen molar-refractivity contribution in [3.05, 3.63) is 64.6 Å². The van der Waals surface area contributed by atoms with E-state index in [2.05, 4.69) is 4.98 Å². The molecule has 3 aromatic rings. The molecule has 2 nitrogen and oxygen atoms in total. The number of aliphatic hydroxyl groups excluding tert-OH is 1. The number of aromatic nitrogens is 1. The van der Waals surface area contributed by atoms with Gasteiger partial charge in [-0.05, 0) is 22.9 Å². The molecule has 0 saturated heterocycles. The van der Waals surface area contributed by atoms with Gasteiger partial charge in [0.1, 0.15) is 0 Å². The maximum absolute atomic E-state index is 10.4. The third kappa shape index (κ3) is 1.84. The van der Waals surface area contributed by atoms with Crippen LogP contribution in [0.25, 0.3) is 10.8 Å². The van der Waals surface area contributed by atoms with Gasteiger partial charge in [-0.25, -0.2) is 4.98 Å². The molecular formula is C14H12NOS+. The molecule has 0 amide bonds. The first-order chi connectivity index (χ1) is 8.36. The van der Waals surface area contributed by atoms with Gasteiger partial charge in [0.25, 0.3) is 0 Å². The molecule has 0 bridgehead atoms. The first-order valence-electron chi connectivity index (χ1n) is 5.47. The van der Waals surface area contributed by atoms with Crippen LogP contribution in [0.1, 0.15) is 16.7 Å². The molecule has 2 aromatic heterocycles. The van der Waals surface area contributed by atoms with Crippen LogP contribution in [0, 0.1) is 0 Å². The van der Waals surface area contributed by atoms with Gasteiger partial charge in [0.2, 0.25) is 5.69 Å². The lowest BCUT2D eigenvalue weighted by atomic mass is 10.1. The molecule has 0 aliphatic rings. The molecule has 0 aliphatic carbocycles. The number of thiophene rings is 1. The Hall–Kier alpha value is -1.71. The van der Waals surface area contributed by atoms with Crippen LogP contribution < -0.4 is 4.98 Å². The maximum Gasteiger partial charge on any atom is 0.221 e. The topological polar surface area (TPSA) is 34.4 Å². The average Bonchev–Trinajstić information content (AvgIpc) is 2.91. The average molecular weight is 242 g/mol. The molecule has 0 fully saturated rings. The minimum atomic E-state index is -0.582. The van der Waals surface area contributed by atoms with E-state index in [-0.39, 0.29) is 0 Å². The quantitative estimate of drug-likeness (QED) is 0.736. The summed E-state index contributed by atoms with van der Waals surface area (Å²) in [4.78, 5) is 4.11. The van der Waals surface area contributed by atoms with Crippen molar-refractivity contribution in [2.24, 2.45) is 0 Å². The summed E-state index contributed by atoms with van der Waals surface area (Å²) in [6.07, 6.45) is 1.29. The zero-order chi connectivity index (χ0) is 11.7. The van der Waals surface area contributed by atoms with Gasteiger partial charge in [-0.3, -0.25) is 0 Å². The van der Waals surface area contributed by atoms with Crippen molar-refractivity contribution in [3.63, 3.8) is 0 Å². The van der Waals surface area contributed by atoms with Crippen molar-refractivity contribution in [1.29, 1.82) is 0 Å². The minimum Gasteiger partial charge on any atom is -0.377 e. The predicted octanol–water partition coefficient (Wildman–Crippen LogP) is 2.80. The van der Waals surface area contributed by atoms with Crippen LogP contribution in [0.15, 0.2) is 54.0 Å². The number of fused-ring (bicyclic) bond motifs is 1. The van der Waals surface area contributed by atoms with Gasteiger partial charge >= 0.3 is 0 Å². The van der Waals surface area contributed by atoms with Crippen molar-refractivity contribution in [2.75, 3.05) is 0 Å². The van der Waals surface area contributed by atoms with Crippen LogP contribution in [0.3, 0.4) is 0 Å². The second-order valence-electron chi connectivity index (χ2n) is 3.90. The lowest BCUT2D eigenvalue weighted by Gasteiger charge is -2.06. The predicted molar refractivity (Wildman–Crippen MR) is 68.9 cm³/mol. The van der Waals surface area contributed by atoms with Gasteiger partial charge in [-0.2, -0.15) is 0 Å². The van der Waals surface area contributed by atoms with E-state index in [0.29, 0.717) is 0 Å². The molecule has 2 heterocycles. The molecule has 1 unspecified atom stereocenters. The second-order valence-corrected chi connectivity index (χ2v) is 4.88. The molecular weight excluding hydrogens is 230 g/mol. The molecule has 2 N–H and O–H groups in total. The summed E-state index contributed by atoms with van der Waals surface area (Å²) in [6.45, 7) is 0. The number of aliphatic hydroxyl groups is 1. The number of hydrogen-bond acceptors (Lipinski definition) is 2. The third-order valence-corrected chi connectivity index (χ3v) is 3.76. The molecule has 0 aliphatic heterocycles. The lowest BCUT2D eigenvalue weighted by Crippen LogP contribution is -2.15. The first-order valence-corrected chi connectivity index (χ1v) is 6.35. The van der Waals surface area contributed by atoms with Crippen molar-refractivity contribution in [1.82, 2.24) is 0 Å². The number of benzene rings is 1. The molecule has 1 aromatic carbocycles. The highest BCUT2D eigenvalue weighted by Crippen LogP contribution is 2.27. The number of rotatable bonds is 2. The Balaban J connectivity index is 2.17. The Morgan fingerprint density at radius 2 is 1.94 bits per heavy atom. The highest BCUT2D eigenvalue weighted by molar-refractivity contribution is 7.10. The van der Waals surface area contributed by atoms with E-state index < -0.39 is 6.10 Å². The Morgan fingerprint density at radius 3 is 2.76 bits per heavy atom. The summed E-state index contributed by atoms with van der Waals surface area (Å²) >= 11 is 1.56. The van der Waals surface area contributed by atoms with E-state index >= 15 is 0 Å². The maximum atomic E-state index is 10.4. The zero-order valence-electron chi connectivity index (χ0n) is 9.13. The highest BCUT2D eigenvalue weighted by Gasteiger charge is 2.20. The monoisotopic (exact) mass is 242 g/mol. The van der Waals surface area contributed by atoms with Crippen LogP contribution in [-0.2, 0) is 0 Å². The van der Waals surface area contributed by atoms with E-state index in [0.717, 1.165) is 21.3 Å². The van der Waals surface area contributed by atoms with Crippen molar-refractivity contribution in [2.45, 2.75) is 6.10 Å². The zero-order valence-corrected chi connectivity index (χ0v) is 9.95. The molecule has 0 radical (unpaired) electrons. The van der Waals surface area contributed by atoms with Gasteiger partial charge in [-0.15, -0.1) is 11.3 Å². The summed E-state index contributed by atoms with van der Waals surface area (Å²) in [5.74, 6) is 0. The summed E-state index contributed by atoms with van der Waals surface area (Å²) in [5.41, 5.74) is 0.852. The van der Waals surface area contributed by atoms with Crippen LogP contribution >= 0.6 is 11.3 Å². The fourth-order valence-electron chi connectivity index (χ4n) is 2.00. The SMILES string of the molecule is OC(c1cccs1)c1[nH+]ccc2ccccc12. The standard InChI is InChI=1S/C14H11NOS/c16-14(12-6-3-9-17-12)13-11-5-2-1-4-10(11)7-8-15-13/h1-9,14,16H/p+1. The van der Waals surface area contributed by atoms with Crippen molar-refractivity contribution < 1.29 is 10.1 Å². The molecule has 17 heavy (non-hydrogen) atoms. The van der Waals surface area contributed by atoms with E-state index in [1.165, 1.54) is 0 Å². The molecule has 0 spiro atoms. The smallest absolute Gasteiger partial charge is 0.221 e. The van der Waals surface area contributed by atoms with Gasteiger partial charge in [0.15, 0.2) is 12.3 Å². The summed E-state index contributed by atoms with van der Waals surface area (Å²) in [7, 11) is 0. The number of aromatic amines is 1. The second kappa shape index (κ2) is 4.28. The fraction of sp³-hybridized carbons (Fsp3) is 0.0714. The normalized spacial score (nSPS) is 12.8. The fourth-order valence-corrected chi connectivity index (χ4v) is 2.72. The van der Waals surface area contributed by atoms with Crippen LogP contribution in [0.4, 0.5) is 0 Å². The van der Waals surface area contributed by atoms with E-state index in [1.807, 2.05) is 54.0 Å². The van der Waals surface area contributed by atoms with E-state index in [9.17, 15) is 5.11 Å². The van der Waals surface area contributed by atoms with Crippen molar-refractivity contribution >= 4 is 22.1 Å². The lowest BCUT2D eigenvalue weighted by molar-refractivity contribution is -0.395. The first kappa shape index (κ1) is 10.4. The summed E-state index contributed by atoms with van der Waals surface area (Å²) in [5, 5.41) is 14.5. The van der Waals surface area contributed by atoms with Gasteiger partial charge in [-0.1, -0.05) is 24.3 Å². The largest absolute Gasteiger partial charge is 0.377 e.